The highest BCUT2D eigenvalue weighted by molar-refractivity contribution is 8.16. The van der Waals surface area contributed by atoms with E-state index < -0.39 is 0 Å². The molecule has 174 valence electrons. The van der Waals surface area contributed by atoms with Crippen LogP contribution < -0.4 is 16.9 Å². The minimum atomic E-state index is -0.326. The minimum absolute atomic E-state index is 0.156. The molecule has 0 aromatic heterocycles. The Labute approximate surface area is 196 Å². The van der Waals surface area contributed by atoms with Crippen molar-refractivity contribution in [1.29, 1.82) is 0 Å². The molecule has 0 unspecified atom stereocenters. The van der Waals surface area contributed by atoms with Crippen molar-refractivity contribution >= 4 is 46.8 Å². The van der Waals surface area contributed by atoms with E-state index >= 15 is 0 Å². The molecule has 6 N–H and O–H groups in total. The third kappa shape index (κ3) is 7.69. The van der Waals surface area contributed by atoms with Gasteiger partial charge in [0.05, 0.1) is 4.91 Å². The number of nitrogens with two attached hydrogens (primary N) is 2. The second-order valence-corrected chi connectivity index (χ2v) is 8.11. The maximum Gasteiger partial charge on any atom is 0.260 e. The van der Waals surface area contributed by atoms with Crippen LogP contribution in [0.4, 0.5) is 5.69 Å². The molecular weight excluding hydrogens is 442 g/mol. The van der Waals surface area contributed by atoms with Crippen LogP contribution in [0, 0.1) is 6.92 Å². The predicted octanol–water partition coefficient (Wildman–Crippen LogP) is 2.42. The number of carbonyl (C=O) groups is 3. The summed E-state index contributed by atoms with van der Waals surface area (Å²) in [6.45, 7) is 2.08. The van der Waals surface area contributed by atoms with Gasteiger partial charge in [-0.15, -0.1) is 0 Å². The van der Waals surface area contributed by atoms with Crippen LogP contribution >= 0.6 is 11.8 Å². The quantitative estimate of drug-likeness (QED) is 0.104. The van der Waals surface area contributed by atoms with Gasteiger partial charge in [-0.2, -0.15) is 5.10 Å². The lowest BCUT2D eigenvalue weighted by Gasteiger charge is -2.18. The summed E-state index contributed by atoms with van der Waals surface area (Å²) < 4.78 is 0. The summed E-state index contributed by atoms with van der Waals surface area (Å²) in [6.07, 6.45) is 2.25. The number of aryl methyl sites for hydroxylation is 1. The molecule has 33 heavy (non-hydrogen) atoms. The first-order valence-electron chi connectivity index (χ1n) is 10.1. The summed E-state index contributed by atoms with van der Waals surface area (Å²) in [5.74, 6) is 4.98. The third-order valence-corrected chi connectivity index (χ3v) is 5.39. The van der Waals surface area contributed by atoms with Gasteiger partial charge in [0.1, 0.15) is 11.6 Å². The Hall–Kier alpha value is -3.79. The molecule has 2 aromatic rings. The lowest BCUT2D eigenvalue weighted by molar-refractivity contribution is -0.125. The first-order valence-corrected chi connectivity index (χ1v) is 10.9. The number of hydrogen-bond donors (Lipinski definition) is 4. The van der Waals surface area contributed by atoms with Gasteiger partial charge in [-0.3, -0.25) is 14.4 Å². The van der Waals surface area contributed by atoms with E-state index in [9.17, 15) is 19.5 Å². The molecule has 0 fully saturated rings. The largest absolute Gasteiger partial charge is 0.508 e. The number of hydrazone groups is 1. The van der Waals surface area contributed by atoms with Gasteiger partial charge in [-0.1, -0.05) is 6.07 Å². The first kappa shape index (κ1) is 25.5. The van der Waals surface area contributed by atoms with Gasteiger partial charge in [0.25, 0.3) is 5.91 Å². The first-order chi connectivity index (χ1) is 15.7. The van der Waals surface area contributed by atoms with E-state index in [1.54, 1.807) is 56.4 Å². The van der Waals surface area contributed by atoms with Gasteiger partial charge in [0.2, 0.25) is 5.91 Å². The van der Waals surface area contributed by atoms with E-state index in [0.717, 1.165) is 11.8 Å². The lowest BCUT2D eigenvalue weighted by atomic mass is 10.1. The average Bonchev–Trinajstić information content (AvgIpc) is 2.80. The second kappa shape index (κ2) is 12.3. The highest BCUT2D eigenvalue weighted by Crippen LogP contribution is 2.23. The molecule has 0 radical (unpaired) electrons. The Kier molecular flexibility index (Phi) is 9.49. The number of rotatable bonds is 10. The summed E-state index contributed by atoms with van der Waals surface area (Å²) >= 11 is 0.786. The molecule has 0 aliphatic heterocycles. The van der Waals surface area contributed by atoms with Crippen LogP contribution in [-0.4, -0.2) is 46.9 Å². The van der Waals surface area contributed by atoms with Crippen LogP contribution in [0.15, 0.2) is 52.5 Å². The Morgan fingerprint density at radius 1 is 1.21 bits per heavy atom. The fourth-order valence-corrected chi connectivity index (χ4v) is 3.47. The van der Waals surface area contributed by atoms with Crippen LogP contribution in [0.3, 0.4) is 0 Å². The number of likely N-dealkylation sites (N-methyl/N-ethyl adjacent to an activating group) is 1. The molecule has 0 aliphatic rings. The summed E-state index contributed by atoms with van der Waals surface area (Å²) in [5.41, 5.74) is 8.84. The van der Waals surface area contributed by atoms with Crippen LogP contribution in [-0.2, 0) is 14.4 Å². The molecule has 0 atom stereocenters. The topological polar surface area (TPSA) is 151 Å². The van der Waals surface area contributed by atoms with Crippen molar-refractivity contribution in [2.75, 3.05) is 18.9 Å². The number of nitrogens with zero attached hydrogens (tertiary/aromatic N) is 2. The zero-order valence-electron chi connectivity index (χ0n) is 18.4. The number of amidine groups is 1. The number of anilines is 1. The number of hydrogen-bond acceptors (Lipinski definition) is 7. The summed E-state index contributed by atoms with van der Waals surface area (Å²) in [6, 6.07) is 11.7. The van der Waals surface area contributed by atoms with Gasteiger partial charge in [-0.25, -0.2) is 0 Å². The van der Waals surface area contributed by atoms with Crippen LogP contribution in [0.1, 0.15) is 29.5 Å². The standard InChI is InChI=1S/C23H27N5O4S/c1-15-12-16(5-10-19(15)30)13-20(33-14-29)23(32)28(2)11-3-4-21(31)26-18-8-6-17(7-9-18)22(24)27-25/h5-10,12-14,30H,3-4,11,25H2,1-2H3,(H2,24,27)(H,26,31)/b20-13-. The normalized spacial score (nSPS) is 11.7. The molecule has 0 bridgehead atoms. The number of thioether (sulfide) groups is 1. The zero-order chi connectivity index (χ0) is 24.4. The van der Waals surface area contributed by atoms with Crippen molar-refractivity contribution in [3.05, 3.63) is 64.1 Å². The predicted molar refractivity (Wildman–Crippen MR) is 132 cm³/mol. The van der Waals surface area contributed by atoms with E-state index in [4.69, 9.17) is 11.6 Å². The van der Waals surface area contributed by atoms with Gasteiger partial charge in [0, 0.05) is 31.3 Å². The third-order valence-electron chi connectivity index (χ3n) is 4.75. The monoisotopic (exact) mass is 469 g/mol. The molecule has 2 aromatic carbocycles. The fraction of sp³-hybridized carbons (Fsp3) is 0.217. The van der Waals surface area contributed by atoms with Crippen molar-refractivity contribution in [1.82, 2.24) is 4.90 Å². The van der Waals surface area contributed by atoms with Crippen molar-refractivity contribution in [2.45, 2.75) is 19.8 Å². The van der Waals surface area contributed by atoms with E-state index in [1.807, 2.05) is 0 Å². The number of nitrogens with one attached hydrogen (secondary N) is 1. The van der Waals surface area contributed by atoms with Gasteiger partial charge >= 0.3 is 0 Å². The van der Waals surface area contributed by atoms with E-state index in [0.29, 0.717) is 41.0 Å². The van der Waals surface area contributed by atoms with Gasteiger partial charge < -0.3 is 26.9 Å². The van der Waals surface area contributed by atoms with Gasteiger partial charge in [-0.05, 0) is 78.7 Å². The molecule has 2 amide bonds. The van der Waals surface area contributed by atoms with Crippen LogP contribution in [0.5, 0.6) is 5.75 Å². The number of aromatic hydroxyl groups is 1. The van der Waals surface area contributed by atoms with E-state index in [2.05, 4.69) is 10.4 Å². The second-order valence-electron chi connectivity index (χ2n) is 7.24. The van der Waals surface area contributed by atoms with Crippen LogP contribution in [0.2, 0.25) is 0 Å². The number of benzene rings is 2. The molecule has 0 saturated carbocycles. The van der Waals surface area contributed by atoms with Crippen molar-refractivity contribution < 1.29 is 19.5 Å². The number of phenolic OH excluding ortho intramolecular Hbond substituents is 1. The molecular formula is C23H27N5O4S. The Bertz CT molecular complexity index is 1070. The Morgan fingerprint density at radius 2 is 1.91 bits per heavy atom. The Morgan fingerprint density at radius 3 is 2.52 bits per heavy atom. The van der Waals surface area contributed by atoms with Crippen molar-refractivity contribution in [3.63, 3.8) is 0 Å². The summed E-state index contributed by atoms with van der Waals surface area (Å²) in [7, 11) is 1.61. The molecule has 10 heteroatoms. The molecule has 0 aliphatic carbocycles. The van der Waals surface area contributed by atoms with Crippen molar-refractivity contribution in [3.8, 4) is 5.75 Å². The number of amides is 2. The van der Waals surface area contributed by atoms with Crippen molar-refractivity contribution in [2.24, 2.45) is 16.7 Å². The molecule has 0 spiro atoms. The SMILES string of the molecule is Cc1cc(/C=C(\SC=O)C(=O)N(C)CCCC(=O)Nc2ccc(/C(N)=N/N)cc2)ccc1O. The zero-order valence-corrected chi connectivity index (χ0v) is 19.3. The summed E-state index contributed by atoms with van der Waals surface area (Å²) in [4.78, 5) is 37.7. The maximum atomic E-state index is 12.8. The Balaban J connectivity index is 1.91. The highest BCUT2D eigenvalue weighted by atomic mass is 32.2. The summed E-state index contributed by atoms with van der Waals surface area (Å²) in [5, 5.41) is 15.8. The molecule has 0 heterocycles. The minimum Gasteiger partial charge on any atom is -0.508 e. The lowest BCUT2D eigenvalue weighted by Crippen LogP contribution is -2.29. The number of phenols is 1. The smallest absolute Gasteiger partial charge is 0.260 e. The maximum absolute atomic E-state index is 12.8. The highest BCUT2D eigenvalue weighted by Gasteiger charge is 2.16. The average molecular weight is 470 g/mol. The molecule has 2 rings (SSSR count). The fourth-order valence-electron chi connectivity index (χ4n) is 2.91. The van der Waals surface area contributed by atoms with Gasteiger partial charge in [0.15, 0.2) is 5.62 Å². The van der Waals surface area contributed by atoms with Crippen LogP contribution in [0.25, 0.3) is 6.08 Å². The number of carbonyl (C=O) groups excluding carboxylic acids is 3. The molecule has 9 nitrogen and oxygen atoms in total. The van der Waals surface area contributed by atoms with E-state index in [-0.39, 0.29) is 34.7 Å². The van der Waals surface area contributed by atoms with E-state index in [1.165, 1.54) is 11.0 Å². The molecule has 0 saturated heterocycles.